The van der Waals surface area contributed by atoms with Crippen LogP contribution < -0.4 is 0 Å². The van der Waals surface area contributed by atoms with Crippen LogP contribution in [0, 0.1) is 23.2 Å². The van der Waals surface area contributed by atoms with E-state index in [1.165, 1.54) is 75.1 Å². The number of aliphatic hydroxyl groups excluding tert-OH is 1. The van der Waals surface area contributed by atoms with Gasteiger partial charge in [0, 0.05) is 0 Å². The van der Waals surface area contributed by atoms with E-state index in [9.17, 15) is 5.11 Å². The van der Waals surface area contributed by atoms with E-state index in [-0.39, 0.29) is 27.9 Å². The van der Waals surface area contributed by atoms with E-state index in [1.54, 1.807) is 5.57 Å². The first kappa shape index (κ1) is 45.4. The normalized spacial score (nSPS) is 30.1. The number of aliphatic hydroxyl groups is 1. The molecule has 0 radical (unpaired) electrons. The third-order valence-corrected chi connectivity index (χ3v) is 29.2. The highest BCUT2D eigenvalue weighted by Gasteiger charge is 2.51. The molecule has 0 unspecified atom stereocenters. The first-order chi connectivity index (χ1) is 23.3. The molecule has 3 aliphatic carbocycles. The Morgan fingerprint density at radius 3 is 1.80 bits per heavy atom. The van der Waals surface area contributed by atoms with Crippen molar-refractivity contribution in [2.75, 3.05) is 0 Å². The molecule has 0 aromatic carbocycles. The second kappa shape index (κ2) is 17.0. The van der Waals surface area contributed by atoms with E-state index >= 15 is 0 Å². The van der Waals surface area contributed by atoms with Gasteiger partial charge in [-0.1, -0.05) is 112 Å². The molecule has 6 atom stereocenters. The minimum absolute atomic E-state index is 0.0110. The van der Waals surface area contributed by atoms with Crippen LogP contribution in [-0.2, 0) is 13.3 Å². The third-order valence-electron chi connectivity index (χ3n) is 15.3. The smallest absolute Gasteiger partial charge is 0.192 e. The SMILES string of the molecule is CC[Si](CC)(CC)OC(C)(C)CCC[C@@H](C)[C@H]1CC[C@H]2/C(=C/C=C3C[C@@H](O[Si](C)(C)C(C)(C)C)C(O)[C@H](O[Si](C)(C)C(C)(C)C)C3)CCC[C@]12C. The maximum atomic E-state index is 11.8. The van der Waals surface area contributed by atoms with Gasteiger partial charge in [0.05, 0.1) is 17.8 Å². The number of rotatable bonds is 15. The lowest BCUT2D eigenvalue weighted by molar-refractivity contribution is -0.0604. The van der Waals surface area contributed by atoms with Crippen molar-refractivity contribution < 1.29 is 18.4 Å². The highest BCUT2D eigenvalue weighted by Crippen LogP contribution is 2.60. The quantitative estimate of drug-likeness (QED) is 0.169. The van der Waals surface area contributed by atoms with Crippen molar-refractivity contribution in [3.05, 3.63) is 23.3 Å². The number of hydrogen-bond donors (Lipinski definition) is 1. The van der Waals surface area contributed by atoms with E-state index in [0.717, 1.165) is 24.7 Å². The van der Waals surface area contributed by atoms with Gasteiger partial charge in [-0.05, 0) is 143 Å². The molecule has 0 aliphatic heterocycles. The van der Waals surface area contributed by atoms with Crippen LogP contribution >= 0.6 is 0 Å². The van der Waals surface area contributed by atoms with Gasteiger partial charge in [-0.15, -0.1) is 0 Å². The fourth-order valence-corrected chi connectivity index (χ4v) is 15.5. The maximum Gasteiger partial charge on any atom is 0.192 e. The Kier molecular flexibility index (Phi) is 15.1. The molecule has 0 spiro atoms. The van der Waals surface area contributed by atoms with Crippen molar-refractivity contribution in [2.45, 2.75) is 233 Å². The maximum absolute atomic E-state index is 11.8. The van der Waals surface area contributed by atoms with Gasteiger partial charge in [0.15, 0.2) is 25.0 Å². The summed E-state index contributed by atoms with van der Waals surface area (Å²) in [6, 6.07) is 3.69. The van der Waals surface area contributed by atoms with Crippen molar-refractivity contribution in [1.82, 2.24) is 0 Å². The zero-order chi connectivity index (χ0) is 38.8. The summed E-state index contributed by atoms with van der Waals surface area (Å²) < 4.78 is 20.9. The Bertz CT molecular complexity index is 1140. The van der Waals surface area contributed by atoms with Crippen molar-refractivity contribution in [3.8, 4) is 0 Å². The molecule has 3 saturated carbocycles. The van der Waals surface area contributed by atoms with Gasteiger partial charge in [0.2, 0.25) is 0 Å². The van der Waals surface area contributed by atoms with Gasteiger partial charge in [0.25, 0.3) is 0 Å². The summed E-state index contributed by atoms with van der Waals surface area (Å²) in [5.41, 5.74) is 3.45. The van der Waals surface area contributed by atoms with Gasteiger partial charge < -0.3 is 18.4 Å². The van der Waals surface area contributed by atoms with E-state index in [4.69, 9.17) is 13.3 Å². The number of allylic oxidation sites excluding steroid dienone is 3. The summed E-state index contributed by atoms with van der Waals surface area (Å²) in [4.78, 5) is 0. The Morgan fingerprint density at radius 1 is 0.824 bits per heavy atom. The highest BCUT2D eigenvalue weighted by molar-refractivity contribution is 6.74. The Morgan fingerprint density at radius 2 is 1.33 bits per heavy atom. The number of fused-ring (bicyclic) bond motifs is 1. The molecule has 0 saturated heterocycles. The molecule has 0 aromatic rings. The van der Waals surface area contributed by atoms with Crippen LogP contribution in [0.3, 0.4) is 0 Å². The van der Waals surface area contributed by atoms with E-state index in [0.29, 0.717) is 11.3 Å². The summed E-state index contributed by atoms with van der Waals surface area (Å²) in [7, 11) is -5.76. The molecule has 0 amide bonds. The standard InChI is InChI=1S/C44H86O4Si3/c1-18-51(19-2,20-3)48-43(11,12)29-21-23-33(4)36-27-28-37-35(24-22-30-44(36,37)13)26-25-34-31-38(46-49(14,15)41(5,6)7)40(45)39(32-34)47-50(16,17)42(8,9)10/h25-26,33,36-40,45H,18-24,27-32H2,1-17H3/b34-25?,35-26+/t33-,36-,37+,38-,39-,40?,44-/m1/s1. The Labute approximate surface area is 321 Å². The molecule has 0 heterocycles. The lowest BCUT2D eigenvalue weighted by Gasteiger charge is -2.47. The molecule has 3 rings (SSSR count). The molecule has 1 N–H and O–H groups in total. The topological polar surface area (TPSA) is 47.9 Å². The fourth-order valence-electron chi connectivity index (χ4n) is 9.64. The minimum atomic E-state index is -2.08. The zero-order valence-electron chi connectivity index (χ0n) is 37.0. The predicted octanol–water partition coefficient (Wildman–Crippen LogP) is 13.6. The molecule has 0 bridgehead atoms. The molecular weight excluding hydrogens is 677 g/mol. The predicted molar refractivity (Wildman–Crippen MR) is 229 cm³/mol. The first-order valence-electron chi connectivity index (χ1n) is 21.4. The van der Waals surface area contributed by atoms with Crippen molar-refractivity contribution >= 4 is 25.0 Å². The second-order valence-electron chi connectivity index (χ2n) is 21.4. The zero-order valence-corrected chi connectivity index (χ0v) is 40.0. The van der Waals surface area contributed by atoms with E-state index in [1.807, 2.05) is 0 Å². The van der Waals surface area contributed by atoms with Crippen LogP contribution in [0.5, 0.6) is 0 Å². The largest absolute Gasteiger partial charge is 0.412 e. The van der Waals surface area contributed by atoms with Crippen molar-refractivity contribution in [1.29, 1.82) is 0 Å². The summed E-state index contributed by atoms with van der Waals surface area (Å²) in [5.74, 6) is 2.24. The molecule has 4 nitrogen and oxygen atoms in total. The van der Waals surface area contributed by atoms with E-state index in [2.05, 4.69) is 128 Å². The van der Waals surface area contributed by atoms with Gasteiger partial charge in [-0.3, -0.25) is 0 Å². The molecule has 298 valence electrons. The monoisotopic (exact) mass is 763 g/mol. The lowest BCUT2D eigenvalue weighted by Crippen LogP contribution is -2.55. The second-order valence-corrected chi connectivity index (χ2v) is 35.6. The fraction of sp³-hybridized carbons (Fsp3) is 0.909. The van der Waals surface area contributed by atoms with Gasteiger partial charge in [0.1, 0.15) is 6.10 Å². The van der Waals surface area contributed by atoms with Gasteiger partial charge in [-0.25, -0.2) is 0 Å². The summed E-state index contributed by atoms with van der Waals surface area (Å²) >= 11 is 0. The average molecular weight is 763 g/mol. The summed E-state index contributed by atoms with van der Waals surface area (Å²) in [6.45, 7) is 40.0. The first-order valence-corrected chi connectivity index (χ1v) is 29.7. The van der Waals surface area contributed by atoms with Crippen LogP contribution in [0.15, 0.2) is 23.3 Å². The highest BCUT2D eigenvalue weighted by atomic mass is 28.4. The molecule has 7 heteroatoms. The Hall–Kier alpha value is -0.0294. The van der Waals surface area contributed by atoms with Gasteiger partial charge in [-0.2, -0.15) is 0 Å². The Balaban J connectivity index is 1.78. The molecular formula is C44H86O4Si3. The van der Waals surface area contributed by atoms with Crippen LogP contribution in [0.25, 0.3) is 0 Å². The van der Waals surface area contributed by atoms with Gasteiger partial charge >= 0.3 is 0 Å². The van der Waals surface area contributed by atoms with Crippen LogP contribution in [-0.4, -0.2) is 54.0 Å². The average Bonchev–Trinajstić information content (AvgIpc) is 3.37. The van der Waals surface area contributed by atoms with Crippen LogP contribution in [0.2, 0.25) is 54.4 Å². The summed E-state index contributed by atoms with van der Waals surface area (Å²) in [5, 5.41) is 12.0. The summed E-state index contributed by atoms with van der Waals surface area (Å²) in [6.07, 6.45) is 15.9. The van der Waals surface area contributed by atoms with Crippen LogP contribution in [0.1, 0.15) is 154 Å². The van der Waals surface area contributed by atoms with Crippen LogP contribution in [0.4, 0.5) is 0 Å². The van der Waals surface area contributed by atoms with Crippen molar-refractivity contribution in [3.63, 3.8) is 0 Å². The number of hydrogen-bond acceptors (Lipinski definition) is 4. The van der Waals surface area contributed by atoms with E-state index < -0.39 is 31.1 Å². The molecule has 51 heavy (non-hydrogen) atoms. The molecule has 3 aliphatic rings. The molecule has 0 aromatic heterocycles. The third kappa shape index (κ3) is 10.8. The van der Waals surface area contributed by atoms with Crippen molar-refractivity contribution in [2.24, 2.45) is 23.2 Å². The molecule has 3 fully saturated rings. The minimum Gasteiger partial charge on any atom is -0.412 e. The lowest BCUT2D eigenvalue weighted by atomic mass is 9.60.